The molecule has 3 aromatic carbocycles. The van der Waals surface area contributed by atoms with E-state index in [-0.39, 0.29) is 12.3 Å². The number of nitrogens with zero attached hydrogens (tertiary/aromatic N) is 1. The normalized spacial score (nSPS) is 10.3. The molecule has 0 aliphatic carbocycles. The highest BCUT2D eigenvalue weighted by molar-refractivity contribution is 5.89. The SMILES string of the molecule is O=C(COc1ccc([N+](=O)[O-])cc1)NNC(=O)C(c1ccccc1)c1ccccc1. The van der Waals surface area contributed by atoms with Gasteiger partial charge in [0.15, 0.2) is 6.61 Å². The molecule has 0 bridgehead atoms. The molecule has 3 aromatic rings. The molecule has 0 atom stereocenters. The molecule has 0 fully saturated rings. The molecule has 0 aromatic heterocycles. The molecule has 30 heavy (non-hydrogen) atoms. The predicted octanol–water partition coefficient (Wildman–Crippen LogP) is 2.95. The number of carbonyl (C=O) groups excluding carboxylic acids is 2. The monoisotopic (exact) mass is 405 g/mol. The first-order valence-electron chi connectivity index (χ1n) is 9.10. The molecule has 2 N–H and O–H groups in total. The summed E-state index contributed by atoms with van der Waals surface area (Å²) < 4.78 is 5.28. The van der Waals surface area contributed by atoms with Gasteiger partial charge in [-0.2, -0.15) is 0 Å². The van der Waals surface area contributed by atoms with E-state index in [0.29, 0.717) is 5.75 Å². The second kappa shape index (κ2) is 9.83. The number of hydrogen-bond donors (Lipinski definition) is 2. The van der Waals surface area contributed by atoms with Crippen LogP contribution in [0.4, 0.5) is 5.69 Å². The molecule has 152 valence electrons. The van der Waals surface area contributed by atoms with Gasteiger partial charge in [-0.3, -0.25) is 30.6 Å². The number of amides is 2. The highest BCUT2D eigenvalue weighted by atomic mass is 16.6. The van der Waals surface area contributed by atoms with Gasteiger partial charge in [-0.15, -0.1) is 0 Å². The van der Waals surface area contributed by atoms with Crippen molar-refractivity contribution in [2.45, 2.75) is 5.92 Å². The Bertz CT molecular complexity index is 968. The molecule has 2 amide bonds. The van der Waals surface area contributed by atoms with Crippen molar-refractivity contribution in [3.05, 3.63) is 106 Å². The van der Waals surface area contributed by atoms with Gasteiger partial charge in [0.25, 0.3) is 11.6 Å². The maximum Gasteiger partial charge on any atom is 0.276 e. The molecule has 3 rings (SSSR count). The maximum absolute atomic E-state index is 12.8. The van der Waals surface area contributed by atoms with Crippen molar-refractivity contribution < 1.29 is 19.2 Å². The van der Waals surface area contributed by atoms with E-state index in [1.54, 1.807) is 0 Å². The molecule has 0 radical (unpaired) electrons. The summed E-state index contributed by atoms with van der Waals surface area (Å²) in [5, 5.41) is 10.6. The number of ether oxygens (including phenoxy) is 1. The van der Waals surface area contributed by atoms with Crippen molar-refractivity contribution in [3.63, 3.8) is 0 Å². The predicted molar refractivity (Wildman–Crippen MR) is 110 cm³/mol. The van der Waals surface area contributed by atoms with Crippen molar-refractivity contribution >= 4 is 17.5 Å². The average molecular weight is 405 g/mol. The second-order valence-corrected chi connectivity index (χ2v) is 6.33. The van der Waals surface area contributed by atoms with Crippen LogP contribution in [-0.4, -0.2) is 23.3 Å². The third kappa shape index (κ3) is 5.41. The number of benzene rings is 3. The number of nitro benzene ring substituents is 1. The lowest BCUT2D eigenvalue weighted by Crippen LogP contribution is -2.46. The van der Waals surface area contributed by atoms with E-state index in [1.165, 1.54) is 24.3 Å². The molecule has 0 saturated heterocycles. The van der Waals surface area contributed by atoms with Gasteiger partial charge in [0.1, 0.15) is 5.75 Å². The summed E-state index contributed by atoms with van der Waals surface area (Å²) in [4.78, 5) is 34.9. The molecule has 8 nitrogen and oxygen atoms in total. The van der Waals surface area contributed by atoms with E-state index in [9.17, 15) is 19.7 Å². The number of nitro groups is 1. The minimum Gasteiger partial charge on any atom is -0.484 e. The van der Waals surface area contributed by atoms with Crippen LogP contribution < -0.4 is 15.6 Å². The van der Waals surface area contributed by atoms with Crippen LogP contribution in [-0.2, 0) is 9.59 Å². The quantitative estimate of drug-likeness (QED) is 0.464. The number of hydrazine groups is 1. The standard InChI is InChI=1S/C22H19N3O5/c26-20(15-30-19-13-11-18(12-14-19)25(28)29)23-24-22(27)21(16-7-3-1-4-8-16)17-9-5-2-6-10-17/h1-14,21H,15H2,(H,23,26)(H,24,27). The average Bonchev–Trinajstić information content (AvgIpc) is 2.78. The van der Waals surface area contributed by atoms with Gasteiger partial charge in [-0.05, 0) is 23.3 Å². The van der Waals surface area contributed by atoms with Crippen molar-refractivity contribution in [1.82, 2.24) is 10.9 Å². The van der Waals surface area contributed by atoms with E-state index in [2.05, 4.69) is 10.9 Å². The van der Waals surface area contributed by atoms with Gasteiger partial charge in [-0.25, -0.2) is 0 Å². The Morgan fingerprint density at radius 1 is 0.833 bits per heavy atom. The summed E-state index contributed by atoms with van der Waals surface area (Å²) >= 11 is 0. The van der Waals surface area contributed by atoms with Crippen LogP contribution >= 0.6 is 0 Å². The third-order valence-electron chi connectivity index (χ3n) is 4.27. The van der Waals surface area contributed by atoms with Crippen LogP contribution in [0.15, 0.2) is 84.9 Å². The largest absolute Gasteiger partial charge is 0.484 e. The van der Waals surface area contributed by atoms with Gasteiger partial charge < -0.3 is 4.74 Å². The number of hydrogen-bond acceptors (Lipinski definition) is 5. The van der Waals surface area contributed by atoms with Crippen LogP contribution in [0.1, 0.15) is 17.0 Å². The molecule has 0 aliphatic rings. The molecule has 0 saturated carbocycles. The summed E-state index contributed by atoms with van der Waals surface area (Å²) in [7, 11) is 0. The number of nitrogens with one attached hydrogen (secondary N) is 2. The van der Waals surface area contributed by atoms with Crippen LogP contribution in [0.3, 0.4) is 0 Å². The molecule has 0 aliphatic heterocycles. The summed E-state index contributed by atoms with van der Waals surface area (Å²) in [6.07, 6.45) is 0. The van der Waals surface area contributed by atoms with Gasteiger partial charge >= 0.3 is 0 Å². The minimum atomic E-state index is -0.594. The Kier molecular flexibility index (Phi) is 6.73. The Labute approximate surface area is 172 Å². The minimum absolute atomic E-state index is 0.0769. The molecular weight excluding hydrogens is 386 g/mol. The molecule has 0 spiro atoms. The van der Waals surface area contributed by atoms with E-state index in [0.717, 1.165) is 11.1 Å². The fourth-order valence-corrected chi connectivity index (χ4v) is 2.84. The molecular formula is C22H19N3O5. The van der Waals surface area contributed by atoms with Crippen LogP contribution in [0.5, 0.6) is 5.75 Å². The Balaban J connectivity index is 1.58. The van der Waals surface area contributed by atoms with Crippen molar-refractivity contribution in [3.8, 4) is 5.75 Å². The van der Waals surface area contributed by atoms with Gasteiger partial charge in [-0.1, -0.05) is 60.7 Å². The highest BCUT2D eigenvalue weighted by Crippen LogP contribution is 2.24. The van der Waals surface area contributed by atoms with Crippen molar-refractivity contribution in [2.75, 3.05) is 6.61 Å². The molecule has 0 heterocycles. The number of rotatable bonds is 7. The maximum atomic E-state index is 12.8. The zero-order valence-electron chi connectivity index (χ0n) is 15.9. The lowest BCUT2D eigenvalue weighted by molar-refractivity contribution is -0.384. The smallest absolute Gasteiger partial charge is 0.276 e. The van der Waals surface area contributed by atoms with E-state index in [1.807, 2.05) is 60.7 Å². The van der Waals surface area contributed by atoms with Crippen LogP contribution in [0, 0.1) is 10.1 Å². The van der Waals surface area contributed by atoms with Gasteiger partial charge in [0, 0.05) is 12.1 Å². The van der Waals surface area contributed by atoms with E-state index < -0.39 is 22.7 Å². The fourth-order valence-electron chi connectivity index (χ4n) is 2.84. The Morgan fingerprint density at radius 3 is 1.87 bits per heavy atom. The van der Waals surface area contributed by atoms with Crippen molar-refractivity contribution in [1.29, 1.82) is 0 Å². The highest BCUT2D eigenvalue weighted by Gasteiger charge is 2.22. The Hall–Kier alpha value is -4.20. The molecule has 0 unspecified atom stereocenters. The summed E-state index contributed by atoms with van der Waals surface area (Å²) in [6.45, 7) is -0.362. The van der Waals surface area contributed by atoms with E-state index >= 15 is 0 Å². The topological polar surface area (TPSA) is 111 Å². The lowest BCUT2D eigenvalue weighted by Gasteiger charge is -2.18. The number of non-ortho nitro benzene ring substituents is 1. The van der Waals surface area contributed by atoms with Crippen LogP contribution in [0.25, 0.3) is 0 Å². The summed E-state index contributed by atoms with van der Waals surface area (Å²) in [5.74, 6) is -1.26. The summed E-state index contributed by atoms with van der Waals surface area (Å²) in [6, 6.07) is 23.8. The fraction of sp³-hybridized carbons (Fsp3) is 0.0909. The number of carbonyl (C=O) groups is 2. The third-order valence-corrected chi connectivity index (χ3v) is 4.27. The van der Waals surface area contributed by atoms with Crippen LogP contribution in [0.2, 0.25) is 0 Å². The Morgan fingerprint density at radius 2 is 1.37 bits per heavy atom. The van der Waals surface area contributed by atoms with E-state index in [4.69, 9.17) is 4.74 Å². The summed E-state index contributed by atoms with van der Waals surface area (Å²) in [5.41, 5.74) is 6.26. The first-order valence-corrected chi connectivity index (χ1v) is 9.10. The first-order chi connectivity index (χ1) is 14.5. The van der Waals surface area contributed by atoms with Gasteiger partial charge in [0.2, 0.25) is 5.91 Å². The zero-order valence-corrected chi connectivity index (χ0v) is 15.9. The van der Waals surface area contributed by atoms with Gasteiger partial charge in [0.05, 0.1) is 10.8 Å². The first kappa shape index (κ1) is 20.5. The van der Waals surface area contributed by atoms with Crippen molar-refractivity contribution in [2.24, 2.45) is 0 Å². The zero-order chi connectivity index (χ0) is 21.3. The lowest BCUT2D eigenvalue weighted by atomic mass is 9.91. The second-order valence-electron chi connectivity index (χ2n) is 6.33. The molecule has 8 heteroatoms.